The van der Waals surface area contributed by atoms with Crippen LogP contribution in [0.15, 0.2) is 53.5 Å². The van der Waals surface area contributed by atoms with E-state index < -0.39 is 0 Å². The van der Waals surface area contributed by atoms with Crippen molar-refractivity contribution < 1.29 is 4.74 Å². The number of aliphatic imine (C=N–C) groups is 1. The summed E-state index contributed by atoms with van der Waals surface area (Å²) in [5, 5.41) is 0. The highest BCUT2D eigenvalue weighted by atomic mass is 16.5. The average Bonchev–Trinajstić information content (AvgIpc) is 2.42. The minimum Gasteiger partial charge on any atom is -0.481 e. The van der Waals surface area contributed by atoms with Gasteiger partial charge in [0.25, 0.3) is 0 Å². The van der Waals surface area contributed by atoms with Crippen LogP contribution >= 0.6 is 0 Å². The van der Waals surface area contributed by atoms with Gasteiger partial charge in [-0.1, -0.05) is 42.0 Å². The molecular weight excluding hydrogens is 222 g/mol. The van der Waals surface area contributed by atoms with Crippen LogP contribution in [0.4, 0.5) is 0 Å². The maximum atomic E-state index is 5.20. The first-order valence-electron chi connectivity index (χ1n) is 5.93. The first-order chi connectivity index (χ1) is 8.74. The SMILES string of the molecule is C/N=C(\OC)c1ccc(-c2ccc(C)cc2)cc1. The van der Waals surface area contributed by atoms with Crippen molar-refractivity contribution in [2.24, 2.45) is 4.99 Å². The third-order valence-corrected chi connectivity index (χ3v) is 2.91. The maximum Gasteiger partial charge on any atom is 0.215 e. The summed E-state index contributed by atoms with van der Waals surface area (Å²) in [6.07, 6.45) is 0. The van der Waals surface area contributed by atoms with Crippen molar-refractivity contribution in [2.75, 3.05) is 14.2 Å². The van der Waals surface area contributed by atoms with Gasteiger partial charge in [0.15, 0.2) is 0 Å². The lowest BCUT2D eigenvalue weighted by Crippen LogP contribution is -2.02. The van der Waals surface area contributed by atoms with Gasteiger partial charge in [-0.3, -0.25) is 4.99 Å². The van der Waals surface area contributed by atoms with Gasteiger partial charge in [0, 0.05) is 12.6 Å². The van der Waals surface area contributed by atoms with Crippen molar-refractivity contribution >= 4 is 5.90 Å². The van der Waals surface area contributed by atoms with Gasteiger partial charge >= 0.3 is 0 Å². The molecule has 2 rings (SSSR count). The largest absolute Gasteiger partial charge is 0.481 e. The Labute approximate surface area is 108 Å². The van der Waals surface area contributed by atoms with Crippen LogP contribution in [0.3, 0.4) is 0 Å². The fourth-order valence-electron chi connectivity index (χ4n) is 1.89. The third-order valence-electron chi connectivity index (χ3n) is 2.91. The number of rotatable bonds is 2. The van der Waals surface area contributed by atoms with Crippen LogP contribution < -0.4 is 0 Å². The lowest BCUT2D eigenvalue weighted by atomic mass is 10.0. The van der Waals surface area contributed by atoms with Gasteiger partial charge in [-0.15, -0.1) is 0 Å². The molecular formula is C16H17NO. The summed E-state index contributed by atoms with van der Waals surface area (Å²) < 4.78 is 5.20. The van der Waals surface area contributed by atoms with Crippen LogP contribution in [0, 0.1) is 6.92 Å². The van der Waals surface area contributed by atoms with Gasteiger partial charge in [-0.2, -0.15) is 0 Å². The molecule has 2 aromatic rings. The molecule has 2 heteroatoms. The van der Waals surface area contributed by atoms with E-state index in [0.29, 0.717) is 5.90 Å². The van der Waals surface area contributed by atoms with Crippen molar-refractivity contribution in [1.29, 1.82) is 0 Å². The molecule has 0 aliphatic heterocycles. The summed E-state index contributed by atoms with van der Waals surface area (Å²) in [5.74, 6) is 0.658. The highest BCUT2D eigenvalue weighted by molar-refractivity contribution is 5.94. The Bertz CT molecular complexity index is 538. The molecule has 0 spiro atoms. The summed E-state index contributed by atoms with van der Waals surface area (Å²) in [7, 11) is 3.36. The van der Waals surface area contributed by atoms with Crippen LogP contribution in [0.5, 0.6) is 0 Å². The van der Waals surface area contributed by atoms with Gasteiger partial charge in [-0.05, 0) is 30.2 Å². The molecule has 0 heterocycles. The van der Waals surface area contributed by atoms with Crippen molar-refractivity contribution in [3.63, 3.8) is 0 Å². The Morgan fingerprint density at radius 1 is 0.889 bits per heavy atom. The van der Waals surface area contributed by atoms with E-state index in [9.17, 15) is 0 Å². The third kappa shape index (κ3) is 2.59. The molecule has 18 heavy (non-hydrogen) atoms. The Morgan fingerprint density at radius 3 is 1.83 bits per heavy atom. The minimum absolute atomic E-state index is 0.658. The second kappa shape index (κ2) is 5.50. The molecule has 0 aromatic heterocycles. The van der Waals surface area contributed by atoms with E-state index in [4.69, 9.17) is 4.74 Å². The van der Waals surface area contributed by atoms with Crippen molar-refractivity contribution in [1.82, 2.24) is 0 Å². The lowest BCUT2D eigenvalue weighted by Gasteiger charge is -2.06. The fourth-order valence-corrected chi connectivity index (χ4v) is 1.89. The van der Waals surface area contributed by atoms with Crippen LogP contribution in [0.1, 0.15) is 11.1 Å². The zero-order valence-electron chi connectivity index (χ0n) is 11.0. The van der Waals surface area contributed by atoms with Crippen LogP contribution in [-0.2, 0) is 4.74 Å². The Hall–Kier alpha value is -2.09. The summed E-state index contributed by atoms with van der Waals surface area (Å²) in [4.78, 5) is 4.09. The smallest absolute Gasteiger partial charge is 0.215 e. The van der Waals surface area contributed by atoms with E-state index in [2.05, 4.69) is 48.3 Å². The molecule has 0 aliphatic rings. The number of ether oxygens (including phenoxy) is 1. The fraction of sp³-hybridized carbons (Fsp3) is 0.188. The lowest BCUT2D eigenvalue weighted by molar-refractivity contribution is 0.404. The second-order valence-corrected chi connectivity index (χ2v) is 4.18. The quantitative estimate of drug-likeness (QED) is 0.578. The zero-order chi connectivity index (χ0) is 13.0. The van der Waals surface area contributed by atoms with E-state index in [1.807, 2.05) is 12.1 Å². The summed E-state index contributed by atoms with van der Waals surface area (Å²) >= 11 is 0. The molecule has 2 aromatic carbocycles. The minimum atomic E-state index is 0.658. The summed E-state index contributed by atoms with van der Waals surface area (Å²) in [5.41, 5.74) is 4.69. The van der Waals surface area contributed by atoms with Gasteiger partial charge in [-0.25, -0.2) is 0 Å². The number of benzene rings is 2. The molecule has 2 nitrogen and oxygen atoms in total. The molecule has 0 N–H and O–H groups in total. The molecule has 0 bridgehead atoms. The number of hydrogen-bond donors (Lipinski definition) is 0. The Balaban J connectivity index is 2.30. The van der Waals surface area contributed by atoms with Gasteiger partial charge in [0.2, 0.25) is 5.90 Å². The van der Waals surface area contributed by atoms with Crippen LogP contribution in [-0.4, -0.2) is 20.1 Å². The summed E-state index contributed by atoms with van der Waals surface area (Å²) in [6.45, 7) is 2.09. The average molecular weight is 239 g/mol. The predicted molar refractivity (Wildman–Crippen MR) is 76.1 cm³/mol. The molecule has 0 aliphatic carbocycles. The van der Waals surface area contributed by atoms with Crippen LogP contribution in [0.2, 0.25) is 0 Å². The second-order valence-electron chi connectivity index (χ2n) is 4.18. The zero-order valence-corrected chi connectivity index (χ0v) is 11.0. The van der Waals surface area contributed by atoms with E-state index >= 15 is 0 Å². The molecule has 0 saturated heterocycles. The van der Waals surface area contributed by atoms with E-state index in [-0.39, 0.29) is 0 Å². The van der Waals surface area contributed by atoms with Gasteiger partial charge in [0.1, 0.15) is 0 Å². The van der Waals surface area contributed by atoms with Gasteiger partial charge < -0.3 is 4.74 Å². The predicted octanol–water partition coefficient (Wildman–Crippen LogP) is 3.68. The number of hydrogen-bond acceptors (Lipinski definition) is 2. The van der Waals surface area contributed by atoms with Crippen molar-refractivity contribution in [2.45, 2.75) is 6.92 Å². The first kappa shape index (κ1) is 12.4. The standard InChI is InChI=1S/C16H17NO/c1-12-4-6-13(7-5-12)14-8-10-15(11-9-14)16(17-2)18-3/h4-11H,1-3H3/b17-16-. The molecule has 0 fully saturated rings. The molecule has 0 saturated carbocycles. The topological polar surface area (TPSA) is 21.6 Å². The first-order valence-corrected chi connectivity index (χ1v) is 5.93. The molecule has 92 valence electrons. The Morgan fingerprint density at radius 2 is 1.39 bits per heavy atom. The van der Waals surface area contributed by atoms with E-state index in [1.165, 1.54) is 16.7 Å². The molecule has 0 atom stereocenters. The highest BCUT2D eigenvalue weighted by Crippen LogP contribution is 2.20. The van der Waals surface area contributed by atoms with E-state index in [0.717, 1.165) is 5.56 Å². The highest BCUT2D eigenvalue weighted by Gasteiger charge is 2.03. The number of nitrogens with zero attached hydrogens (tertiary/aromatic N) is 1. The summed E-state index contributed by atoms with van der Waals surface area (Å²) in [6, 6.07) is 16.7. The molecule has 0 radical (unpaired) electrons. The Kier molecular flexibility index (Phi) is 3.78. The monoisotopic (exact) mass is 239 g/mol. The maximum absolute atomic E-state index is 5.20. The van der Waals surface area contributed by atoms with Crippen molar-refractivity contribution in [3.05, 3.63) is 59.7 Å². The normalized spacial score (nSPS) is 11.4. The van der Waals surface area contributed by atoms with E-state index in [1.54, 1.807) is 14.2 Å². The molecule has 0 amide bonds. The molecule has 0 unspecified atom stereocenters. The van der Waals surface area contributed by atoms with Gasteiger partial charge in [0.05, 0.1) is 7.11 Å². The van der Waals surface area contributed by atoms with Crippen molar-refractivity contribution in [3.8, 4) is 11.1 Å². The number of methoxy groups -OCH3 is 1. The van der Waals surface area contributed by atoms with Crippen LogP contribution in [0.25, 0.3) is 11.1 Å². The number of aryl methyl sites for hydroxylation is 1.